The maximum Gasteiger partial charge on any atom is 0.352 e. The fraction of sp³-hybridized carbons (Fsp3) is 0.167. The van der Waals surface area contributed by atoms with Crippen molar-refractivity contribution in [3.05, 3.63) is 0 Å². The highest BCUT2D eigenvalue weighted by atomic mass is 16.2. The van der Waals surface area contributed by atoms with Gasteiger partial charge in [0.25, 0.3) is 11.8 Å². The van der Waals surface area contributed by atoms with Crippen LogP contribution in [-0.2, 0) is 9.59 Å². The largest absolute Gasteiger partial charge is 0.352 e. The third-order valence-corrected chi connectivity index (χ3v) is 3.33. The first-order valence-corrected chi connectivity index (χ1v) is 6.60. The molecule has 0 saturated carbocycles. The number of urea groups is 2. The molecule has 0 aromatic heterocycles. The molecule has 1 N–H and O–H groups in total. The van der Waals surface area contributed by atoms with Crippen LogP contribution >= 0.6 is 0 Å². The maximum absolute atomic E-state index is 11.9. The molecule has 0 bridgehead atoms. The lowest BCUT2D eigenvalue weighted by Crippen LogP contribution is -2.43. The van der Waals surface area contributed by atoms with E-state index in [1.54, 1.807) is 0 Å². The van der Waals surface area contributed by atoms with Crippen molar-refractivity contribution in [1.29, 1.82) is 0 Å². The molecule has 6 amide bonds. The van der Waals surface area contributed by atoms with E-state index in [9.17, 15) is 19.2 Å². The fourth-order valence-corrected chi connectivity index (χ4v) is 2.20. The second-order valence-electron chi connectivity index (χ2n) is 4.93. The van der Waals surface area contributed by atoms with Gasteiger partial charge >= 0.3 is 12.1 Å². The van der Waals surface area contributed by atoms with Crippen molar-refractivity contribution in [2.75, 3.05) is 7.05 Å². The van der Waals surface area contributed by atoms with E-state index in [4.69, 9.17) is 0 Å². The second-order valence-corrected chi connectivity index (χ2v) is 4.93. The summed E-state index contributed by atoms with van der Waals surface area (Å²) in [6.45, 7) is 0. The standard InChI is InChI=1S/C12H6N8O4/c1-20-10(22)6-8(18-12(20)24)16-4(14-6)2-3-13-5-7(15-3)17-11(23)19-9(5)21/h2H2,1H3,(H,19,21,23). The zero-order valence-corrected chi connectivity index (χ0v) is 12.0. The van der Waals surface area contributed by atoms with Gasteiger partial charge in [-0.2, -0.15) is 9.98 Å². The monoisotopic (exact) mass is 326 g/mol. The molecule has 0 saturated heterocycles. The van der Waals surface area contributed by atoms with Crippen LogP contribution in [0.5, 0.6) is 0 Å². The van der Waals surface area contributed by atoms with Gasteiger partial charge in [0.2, 0.25) is 0 Å². The summed E-state index contributed by atoms with van der Waals surface area (Å²) in [7, 11) is 1.29. The van der Waals surface area contributed by atoms with Crippen molar-refractivity contribution in [1.82, 2.24) is 10.2 Å². The number of imide groups is 2. The zero-order valence-electron chi connectivity index (χ0n) is 12.0. The first kappa shape index (κ1) is 13.9. The van der Waals surface area contributed by atoms with Gasteiger partial charge in [-0.25, -0.2) is 29.6 Å². The van der Waals surface area contributed by atoms with Gasteiger partial charge in [-0.1, -0.05) is 0 Å². The van der Waals surface area contributed by atoms with E-state index in [1.807, 2.05) is 5.32 Å². The van der Waals surface area contributed by atoms with Gasteiger partial charge in [0, 0.05) is 7.05 Å². The van der Waals surface area contributed by atoms with Crippen molar-refractivity contribution in [2.24, 2.45) is 30.0 Å². The van der Waals surface area contributed by atoms with Gasteiger partial charge < -0.3 is 0 Å². The second kappa shape index (κ2) is 4.65. The average molecular weight is 326 g/mol. The van der Waals surface area contributed by atoms with E-state index in [1.165, 1.54) is 7.05 Å². The van der Waals surface area contributed by atoms with Gasteiger partial charge in [-0.05, 0) is 0 Å². The average Bonchev–Trinajstić information content (AvgIpc) is 3.09. The van der Waals surface area contributed by atoms with Gasteiger partial charge in [0.05, 0.1) is 6.42 Å². The number of nitrogens with one attached hydrogen (secondary N) is 1. The lowest BCUT2D eigenvalue weighted by molar-refractivity contribution is -0.120. The van der Waals surface area contributed by atoms with Crippen molar-refractivity contribution in [2.45, 2.75) is 6.42 Å². The molecule has 12 nitrogen and oxygen atoms in total. The topological polar surface area (TPSA) is 158 Å². The third kappa shape index (κ3) is 2.00. The Labute approximate surface area is 132 Å². The highest BCUT2D eigenvalue weighted by molar-refractivity contribution is 6.73. The summed E-state index contributed by atoms with van der Waals surface area (Å²) in [4.78, 5) is 70.2. The number of rotatable bonds is 2. The summed E-state index contributed by atoms with van der Waals surface area (Å²) >= 11 is 0. The van der Waals surface area contributed by atoms with Crippen molar-refractivity contribution < 1.29 is 19.2 Å². The van der Waals surface area contributed by atoms with Gasteiger partial charge in [0.15, 0.2) is 23.1 Å². The minimum Gasteiger partial charge on any atom is -0.271 e. The van der Waals surface area contributed by atoms with Crippen LogP contribution in [0.4, 0.5) is 9.59 Å². The fourth-order valence-electron chi connectivity index (χ4n) is 2.20. The first-order chi connectivity index (χ1) is 11.4. The predicted molar refractivity (Wildman–Crippen MR) is 80.9 cm³/mol. The van der Waals surface area contributed by atoms with Crippen LogP contribution in [0.3, 0.4) is 0 Å². The van der Waals surface area contributed by atoms with Crippen LogP contribution in [0.15, 0.2) is 30.0 Å². The molecule has 0 aliphatic carbocycles. The number of aliphatic imine (C=N–C) groups is 6. The lowest BCUT2D eigenvalue weighted by atomic mass is 10.3. The Hall–Kier alpha value is -3.70. The number of amidine groups is 4. The Balaban J connectivity index is 1.62. The number of fused-ring (bicyclic) bond motifs is 2. The smallest absolute Gasteiger partial charge is 0.271 e. The molecule has 0 spiro atoms. The molecule has 4 aliphatic heterocycles. The van der Waals surface area contributed by atoms with Crippen LogP contribution in [-0.4, -0.2) is 70.6 Å². The molecule has 0 unspecified atom stereocenters. The summed E-state index contributed by atoms with van der Waals surface area (Å²) in [6, 6.07) is -1.54. The van der Waals surface area contributed by atoms with E-state index >= 15 is 0 Å². The summed E-state index contributed by atoms with van der Waals surface area (Å²) in [5.74, 6) is -1.12. The van der Waals surface area contributed by atoms with Crippen molar-refractivity contribution >= 4 is 58.6 Å². The molecule has 118 valence electrons. The zero-order chi connectivity index (χ0) is 17.0. The van der Waals surface area contributed by atoms with Crippen LogP contribution in [0.25, 0.3) is 0 Å². The molecule has 0 fully saturated rings. The molecular formula is C12H6N8O4. The normalized spacial score (nSPS) is 22.1. The van der Waals surface area contributed by atoms with E-state index in [-0.39, 0.29) is 41.2 Å². The third-order valence-electron chi connectivity index (χ3n) is 3.33. The summed E-state index contributed by atoms with van der Waals surface area (Å²) in [5.41, 5.74) is -0.113. The summed E-state index contributed by atoms with van der Waals surface area (Å²) < 4.78 is 0. The Morgan fingerprint density at radius 1 is 0.833 bits per heavy atom. The molecule has 4 heterocycles. The van der Waals surface area contributed by atoms with Crippen LogP contribution < -0.4 is 5.32 Å². The number of carbonyl (C=O) groups is 4. The van der Waals surface area contributed by atoms with Gasteiger partial charge in [0.1, 0.15) is 11.7 Å². The molecule has 4 aliphatic rings. The Morgan fingerprint density at radius 2 is 1.46 bits per heavy atom. The maximum atomic E-state index is 11.9. The molecule has 24 heavy (non-hydrogen) atoms. The van der Waals surface area contributed by atoms with Crippen molar-refractivity contribution in [3.8, 4) is 0 Å². The van der Waals surface area contributed by atoms with Crippen LogP contribution in [0, 0.1) is 0 Å². The summed E-state index contributed by atoms with van der Waals surface area (Å²) in [5, 5.41) is 1.99. The first-order valence-electron chi connectivity index (χ1n) is 6.60. The highest BCUT2D eigenvalue weighted by Gasteiger charge is 2.36. The minimum absolute atomic E-state index is 0.0162. The molecule has 0 atom stereocenters. The van der Waals surface area contributed by atoms with E-state index < -0.39 is 23.9 Å². The van der Waals surface area contributed by atoms with E-state index in [0.717, 1.165) is 4.90 Å². The molecular weight excluding hydrogens is 320 g/mol. The van der Waals surface area contributed by atoms with Crippen molar-refractivity contribution in [3.63, 3.8) is 0 Å². The minimum atomic E-state index is -0.815. The molecule has 0 radical (unpaired) electrons. The lowest BCUT2D eigenvalue weighted by Gasteiger charge is -2.15. The van der Waals surface area contributed by atoms with E-state index in [0.29, 0.717) is 0 Å². The number of nitrogens with zero attached hydrogens (tertiary/aromatic N) is 7. The van der Waals surface area contributed by atoms with Crippen LogP contribution in [0.1, 0.15) is 6.42 Å². The number of amides is 6. The highest BCUT2D eigenvalue weighted by Crippen LogP contribution is 2.15. The Bertz CT molecular complexity index is 948. The molecule has 4 rings (SSSR count). The van der Waals surface area contributed by atoms with Crippen LogP contribution in [0.2, 0.25) is 0 Å². The molecule has 0 aromatic carbocycles. The molecule has 12 heteroatoms. The quantitative estimate of drug-likeness (QED) is 0.670. The number of hydrogen-bond donors (Lipinski definition) is 1. The summed E-state index contributed by atoms with van der Waals surface area (Å²) in [6.07, 6.45) is -0.0162. The van der Waals surface area contributed by atoms with E-state index in [2.05, 4.69) is 30.0 Å². The number of carbonyl (C=O) groups excluding carboxylic acids is 4. The van der Waals surface area contributed by atoms with Gasteiger partial charge in [-0.15, -0.1) is 0 Å². The predicted octanol–water partition coefficient (Wildman–Crippen LogP) is -1.28. The van der Waals surface area contributed by atoms with Gasteiger partial charge in [-0.3, -0.25) is 19.8 Å². The SMILES string of the molecule is CN1C(=O)N=C2N=C(CC3=NC4=NC(=O)NC(=O)C4=N3)N=C2C1=O. The molecule has 0 aromatic rings. The Kier molecular flexibility index (Phi) is 2.70. The Morgan fingerprint density at radius 3 is 2.17 bits per heavy atom. The number of hydrogen-bond acceptors (Lipinski definition) is 8.